The van der Waals surface area contributed by atoms with Gasteiger partial charge in [-0.25, -0.2) is 0 Å². The fourth-order valence-corrected chi connectivity index (χ4v) is 1.59. The predicted molar refractivity (Wildman–Crippen MR) is 54.4 cm³/mol. The van der Waals surface area contributed by atoms with Crippen molar-refractivity contribution in [2.24, 2.45) is 0 Å². The number of carbonyl (C=O) groups excluding carboxylic acids is 1. The maximum atomic E-state index is 11.1. The van der Waals surface area contributed by atoms with E-state index in [0.717, 1.165) is 25.8 Å². The van der Waals surface area contributed by atoms with Crippen LogP contribution in [0.4, 0.5) is 0 Å². The summed E-state index contributed by atoms with van der Waals surface area (Å²) in [6, 6.07) is 0. The minimum absolute atomic E-state index is 0.161. The van der Waals surface area contributed by atoms with E-state index >= 15 is 0 Å². The molecule has 1 heterocycles. The second-order valence-electron chi connectivity index (χ2n) is 3.45. The molecule has 4 heteroatoms. The van der Waals surface area contributed by atoms with Crippen molar-refractivity contribution in [2.75, 3.05) is 19.7 Å². The van der Waals surface area contributed by atoms with Crippen molar-refractivity contribution in [1.82, 2.24) is 4.90 Å². The SMILES string of the molecule is CCOC(=O)CCN1CCCCC1=N. The largest absolute Gasteiger partial charge is 0.466 e. The number of amidine groups is 1. The molecule has 0 aromatic carbocycles. The fourth-order valence-electron chi connectivity index (χ4n) is 1.59. The molecule has 0 aromatic rings. The Kier molecular flexibility index (Phi) is 4.43. The highest BCUT2D eigenvalue weighted by Crippen LogP contribution is 2.10. The van der Waals surface area contributed by atoms with E-state index in [4.69, 9.17) is 10.1 Å². The molecule has 1 rings (SSSR count). The summed E-state index contributed by atoms with van der Waals surface area (Å²) in [6.07, 6.45) is 3.49. The molecule has 14 heavy (non-hydrogen) atoms. The molecule has 0 aromatic heterocycles. The Morgan fingerprint density at radius 3 is 3.00 bits per heavy atom. The summed E-state index contributed by atoms with van der Waals surface area (Å²) in [7, 11) is 0. The van der Waals surface area contributed by atoms with Crippen LogP contribution in [0.1, 0.15) is 32.6 Å². The first-order valence-electron chi connectivity index (χ1n) is 5.22. The highest BCUT2D eigenvalue weighted by atomic mass is 16.5. The molecular formula is C10H18N2O2. The highest BCUT2D eigenvalue weighted by Gasteiger charge is 2.15. The number of rotatable bonds is 4. The average Bonchev–Trinajstić information content (AvgIpc) is 2.17. The van der Waals surface area contributed by atoms with Gasteiger partial charge in [0.2, 0.25) is 0 Å². The quantitative estimate of drug-likeness (QED) is 0.695. The number of hydrogen-bond acceptors (Lipinski definition) is 3. The number of hydrogen-bond donors (Lipinski definition) is 1. The van der Waals surface area contributed by atoms with Gasteiger partial charge in [-0.1, -0.05) is 0 Å². The Balaban J connectivity index is 2.22. The van der Waals surface area contributed by atoms with Crippen molar-refractivity contribution >= 4 is 11.8 Å². The summed E-state index contributed by atoms with van der Waals surface area (Å²) in [5.41, 5.74) is 0. The van der Waals surface area contributed by atoms with E-state index in [0.29, 0.717) is 25.4 Å². The zero-order chi connectivity index (χ0) is 10.4. The number of carbonyl (C=O) groups is 1. The van der Waals surface area contributed by atoms with Crippen LogP contribution in [0.3, 0.4) is 0 Å². The number of esters is 1. The molecule has 1 saturated heterocycles. The molecule has 80 valence electrons. The Labute approximate surface area is 84.7 Å². The van der Waals surface area contributed by atoms with Crippen LogP contribution in [0.25, 0.3) is 0 Å². The maximum absolute atomic E-state index is 11.1. The molecule has 1 aliphatic heterocycles. The van der Waals surface area contributed by atoms with Crippen LogP contribution in [0.2, 0.25) is 0 Å². The molecule has 1 fully saturated rings. The van der Waals surface area contributed by atoms with Gasteiger partial charge in [-0.15, -0.1) is 0 Å². The summed E-state index contributed by atoms with van der Waals surface area (Å²) < 4.78 is 4.83. The minimum Gasteiger partial charge on any atom is -0.466 e. The number of piperidine rings is 1. The number of likely N-dealkylation sites (tertiary alicyclic amines) is 1. The second kappa shape index (κ2) is 5.62. The van der Waals surface area contributed by atoms with Gasteiger partial charge in [0, 0.05) is 19.5 Å². The van der Waals surface area contributed by atoms with E-state index in [-0.39, 0.29) is 5.97 Å². The Morgan fingerprint density at radius 2 is 2.36 bits per heavy atom. The number of ether oxygens (including phenoxy) is 1. The first-order chi connectivity index (χ1) is 6.74. The number of nitrogens with zero attached hydrogens (tertiary/aromatic N) is 1. The van der Waals surface area contributed by atoms with Crippen LogP contribution in [0.15, 0.2) is 0 Å². The van der Waals surface area contributed by atoms with Crippen LogP contribution in [-0.4, -0.2) is 36.4 Å². The van der Waals surface area contributed by atoms with Gasteiger partial charge < -0.3 is 9.64 Å². The highest BCUT2D eigenvalue weighted by molar-refractivity contribution is 5.80. The zero-order valence-electron chi connectivity index (χ0n) is 8.71. The molecule has 0 aliphatic carbocycles. The Hall–Kier alpha value is -1.06. The van der Waals surface area contributed by atoms with Crippen molar-refractivity contribution in [3.05, 3.63) is 0 Å². The van der Waals surface area contributed by atoms with Crippen molar-refractivity contribution in [3.63, 3.8) is 0 Å². The van der Waals surface area contributed by atoms with Crippen LogP contribution in [0.5, 0.6) is 0 Å². The van der Waals surface area contributed by atoms with E-state index in [2.05, 4.69) is 0 Å². The molecule has 0 atom stereocenters. The van der Waals surface area contributed by atoms with Crippen molar-refractivity contribution in [1.29, 1.82) is 5.41 Å². The molecule has 1 aliphatic rings. The van der Waals surface area contributed by atoms with E-state index in [1.165, 1.54) is 0 Å². The Morgan fingerprint density at radius 1 is 1.57 bits per heavy atom. The van der Waals surface area contributed by atoms with E-state index in [1.807, 2.05) is 4.90 Å². The topological polar surface area (TPSA) is 53.4 Å². The first kappa shape index (κ1) is 11.0. The Bertz CT molecular complexity index is 216. The monoisotopic (exact) mass is 198 g/mol. The molecule has 0 saturated carbocycles. The molecule has 4 nitrogen and oxygen atoms in total. The molecule has 0 amide bonds. The smallest absolute Gasteiger partial charge is 0.307 e. The van der Waals surface area contributed by atoms with Crippen LogP contribution < -0.4 is 0 Å². The van der Waals surface area contributed by atoms with Gasteiger partial charge in [-0.2, -0.15) is 0 Å². The van der Waals surface area contributed by atoms with Crippen molar-refractivity contribution < 1.29 is 9.53 Å². The molecule has 1 N–H and O–H groups in total. The summed E-state index contributed by atoms with van der Waals surface area (Å²) in [5, 5.41) is 7.67. The molecule has 0 radical (unpaired) electrons. The third kappa shape index (κ3) is 3.36. The van der Waals surface area contributed by atoms with E-state index in [9.17, 15) is 4.79 Å². The molecule has 0 unspecified atom stereocenters. The van der Waals surface area contributed by atoms with Gasteiger partial charge in [0.25, 0.3) is 0 Å². The maximum Gasteiger partial charge on any atom is 0.307 e. The summed E-state index contributed by atoms with van der Waals surface area (Å²) in [6.45, 7) is 3.80. The van der Waals surface area contributed by atoms with Crippen LogP contribution in [0, 0.1) is 5.41 Å². The van der Waals surface area contributed by atoms with Crippen LogP contribution in [-0.2, 0) is 9.53 Å². The summed E-state index contributed by atoms with van der Waals surface area (Å²) in [4.78, 5) is 13.0. The average molecular weight is 198 g/mol. The molecular weight excluding hydrogens is 180 g/mol. The molecule has 0 spiro atoms. The number of nitrogens with one attached hydrogen (secondary N) is 1. The van der Waals surface area contributed by atoms with E-state index < -0.39 is 0 Å². The summed E-state index contributed by atoms with van der Waals surface area (Å²) in [5.74, 6) is 0.506. The van der Waals surface area contributed by atoms with Gasteiger partial charge in [0.1, 0.15) is 0 Å². The predicted octanol–water partition coefficient (Wildman–Crippen LogP) is 1.40. The lowest BCUT2D eigenvalue weighted by molar-refractivity contribution is -0.143. The van der Waals surface area contributed by atoms with E-state index in [1.54, 1.807) is 6.92 Å². The third-order valence-electron chi connectivity index (χ3n) is 2.36. The van der Waals surface area contributed by atoms with Crippen LogP contribution >= 0.6 is 0 Å². The summed E-state index contributed by atoms with van der Waals surface area (Å²) >= 11 is 0. The first-order valence-corrected chi connectivity index (χ1v) is 5.22. The normalized spacial score (nSPS) is 16.9. The third-order valence-corrected chi connectivity index (χ3v) is 2.36. The standard InChI is InChI=1S/C10H18N2O2/c1-2-14-10(13)6-8-12-7-4-3-5-9(12)11/h11H,2-8H2,1H3. The van der Waals surface area contributed by atoms with Crippen molar-refractivity contribution in [3.8, 4) is 0 Å². The minimum atomic E-state index is -0.161. The lowest BCUT2D eigenvalue weighted by Gasteiger charge is -2.28. The van der Waals surface area contributed by atoms with Gasteiger partial charge in [0.15, 0.2) is 0 Å². The molecule has 0 bridgehead atoms. The zero-order valence-corrected chi connectivity index (χ0v) is 8.71. The second-order valence-corrected chi connectivity index (χ2v) is 3.45. The van der Waals surface area contributed by atoms with Gasteiger partial charge >= 0.3 is 5.97 Å². The van der Waals surface area contributed by atoms with Gasteiger partial charge in [0.05, 0.1) is 18.9 Å². The fraction of sp³-hybridized carbons (Fsp3) is 0.800. The lowest BCUT2D eigenvalue weighted by atomic mass is 10.1. The lowest BCUT2D eigenvalue weighted by Crippen LogP contribution is -2.36. The van der Waals surface area contributed by atoms with Gasteiger partial charge in [-0.3, -0.25) is 10.2 Å². The van der Waals surface area contributed by atoms with Crippen molar-refractivity contribution in [2.45, 2.75) is 32.6 Å². The van der Waals surface area contributed by atoms with Gasteiger partial charge in [-0.05, 0) is 19.8 Å².